The number of aromatic nitrogens is 1. The predicted molar refractivity (Wildman–Crippen MR) is 242 cm³/mol. The second-order valence-electron chi connectivity index (χ2n) is 16.1. The number of ether oxygens (including phenoxy) is 2. The van der Waals surface area contributed by atoms with Crippen LogP contribution in [0.15, 0.2) is 120 Å². The van der Waals surface area contributed by atoms with E-state index in [0.29, 0.717) is 61.8 Å². The number of anilines is 2. The summed E-state index contributed by atoms with van der Waals surface area (Å²) in [6.45, 7) is 14.2. The van der Waals surface area contributed by atoms with E-state index in [1.807, 2.05) is 51.1 Å². The molecule has 5 aromatic rings. The Balaban J connectivity index is 0.000000234. The van der Waals surface area contributed by atoms with Gasteiger partial charge in [-0.15, -0.1) is 0 Å². The first-order chi connectivity index (χ1) is 28.9. The van der Waals surface area contributed by atoms with E-state index in [0.717, 1.165) is 14.7 Å². The van der Waals surface area contributed by atoms with Gasteiger partial charge in [-0.3, -0.25) is 18.3 Å². The highest BCUT2D eigenvalue weighted by molar-refractivity contribution is 7.99. The number of rotatable bonds is 15. The van der Waals surface area contributed by atoms with Crippen molar-refractivity contribution >= 4 is 49.7 Å². The van der Waals surface area contributed by atoms with E-state index in [2.05, 4.69) is 16.0 Å². The van der Waals surface area contributed by atoms with Crippen molar-refractivity contribution in [3.8, 4) is 21.9 Å². The molecule has 0 atom stereocenters. The van der Waals surface area contributed by atoms with Crippen LogP contribution >= 0.6 is 11.5 Å². The zero-order valence-corrected chi connectivity index (χ0v) is 37.2. The van der Waals surface area contributed by atoms with Crippen molar-refractivity contribution in [1.29, 1.82) is 0 Å². The maximum absolute atomic E-state index is 13.6. The monoisotopic (exact) mass is 871 g/mol. The second kappa shape index (κ2) is 20.1. The van der Waals surface area contributed by atoms with Gasteiger partial charge >= 0.3 is 0 Å². The van der Waals surface area contributed by atoms with E-state index in [9.17, 15) is 27.2 Å². The fourth-order valence-electron chi connectivity index (χ4n) is 6.36. The lowest BCUT2D eigenvalue weighted by Gasteiger charge is -2.30. The predicted octanol–water partition coefficient (Wildman–Crippen LogP) is 8.69. The summed E-state index contributed by atoms with van der Waals surface area (Å²) in [6, 6.07) is 31.9. The molecule has 0 bridgehead atoms. The fourth-order valence-corrected chi connectivity index (χ4v) is 9.55. The number of carbonyl (C=O) groups is 2. The van der Waals surface area contributed by atoms with E-state index >= 15 is 0 Å². The van der Waals surface area contributed by atoms with Crippen molar-refractivity contribution in [2.75, 3.05) is 36.9 Å². The Morgan fingerprint density at radius 3 is 1.93 bits per heavy atom. The molecule has 2 amide bonds. The van der Waals surface area contributed by atoms with Crippen LogP contribution in [0, 0.1) is 5.82 Å². The molecule has 4 aromatic carbocycles. The zero-order chi connectivity index (χ0) is 44.4. The van der Waals surface area contributed by atoms with Crippen molar-refractivity contribution in [2.45, 2.75) is 72.4 Å². The first-order valence-electron chi connectivity index (χ1n) is 20.0. The van der Waals surface area contributed by atoms with E-state index in [4.69, 9.17) is 9.47 Å². The molecule has 6 rings (SSSR count). The Labute approximate surface area is 361 Å². The van der Waals surface area contributed by atoms with Crippen molar-refractivity contribution in [2.24, 2.45) is 0 Å². The highest BCUT2D eigenvalue weighted by atomic mass is 32.2. The Morgan fingerprint density at radius 2 is 1.33 bits per heavy atom. The van der Waals surface area contributed by atoms with Crippen LogP contribution in [-0.2, 0) is 25.2 Å². The largest absolute Gasteiger partial charge is 0.493 e. The molecule has 0 saturated carbocycles. The van der Waals surface area contributed by atoms with Gasteiger partial charge in [0.25, 0.3) is 21.5 Å². The van der Waals surface area contributed by atoms with Crippen molar-refractivity contribution in [3.63, 3.8) is 0 Å². The Morgan fingerprint density at radius 1 is 0.738 bits per heavy atom. The van der Waals surface area contributed by atoms with Crippen molar-refractivity contribution in [3.05, 3.63) is 137 Å². The maximum atomic E-state index is 13.6. The maximum Gasteiger partial charge on any atom is 0.285 e. The average molecular weight is 872 g/mol. The molecule has 1 aliphatic rings. The van der Waals surface area contributed by atoms with Gasteiger partial charge in [-0.25, -0.2) is 17.1 Å². The third-order valence-electron chi connectivity index (χ3n) is 8.99. The van der Waals surface area contributed by atoms with Gasteiger partial charge in [0.2, 0.25) is 5.91 Å². The molecule has 324 valence electrons. The quantitative estimate of drug-likeness (QED) is 0.0880. The van der Waals surface area contributed by atoms with Gasteiger partial charge in [0.1, 0.15) is 22.0 Å². The first kappa shape index (κ1) is 46.1. The second-order valence-corrected chi connectivity index (χ2v) is 18.8. The molecular weight excluding hydrogens is 818 g/mol. The number of hydrogen-bond donors (Lipinski definition) is 3. The van der Waals surface area contributed by atoms with E-state index in [1.165, 1.54) is 24.5 Å². The van der Waals surface area contributed by atoms with Crippen LogP contribution in [0.4, 0.5) is 15.8 Å². The van der Waals surface area contributed by atoms with Crippen LogP contribution in [0.2, 0.25) is 0 Å². The van der Waals surface area contributed by atoms with E-state index in [1.54, 1.807) is 97.5 Å². The molecule has 0 fully saturated rings. The number of benzene rings is 4. The Hall–Kier alpha value is -5.93. The third kappa shape index (κ3) is 11.9. The average Bonchev–Trinajstić information content (AvgIpc) is 3.64. The summed E-state index contributed by atoms with van der Waals surface area (Å²) < 4.78 is 54.1. The number of carbonyl (C=O) groups excluding carboxylic acids is 2. The summed E-state index contributed by atoms with van der Waals surface area (Å²) in [5, 5.41) is 9.01. The molecule has 0 unspecified atom stereocenters. The third-order valence-corrected chi connectivity index (χ3v) is 12.7. The summed E-state index contributed by atoms with van der Waals surface area (Å²) in [7, 11) is -4.00. The van der Waals surface area contributed by atoms with Gasteiger partial charge in [-0.2, -0.15) is 0 Å². The molecule has 0 saturated heterocycles. The van der Waals surface area contributed by atoms with Crippen LogP contribution in [0.1, 0.15) is 66.9 Å². The normalized spacial score (nSPS) is 13.6. The highest BCUT2D eigenvalue weighted by Gasteiger charge is 2.49. The lowest BCUT2D eigenvalue weighted by molar-refractivity contribution is -0.125. The summed E-state index contributed by atoms with van der Waals surface area (Å²) in [5.74, 6) is -0.251. The smallest absolute Gasteiger partial charge is 0.285 e. The minimum absolute atomic E-state index is 0.00745. The van der Waals surface area contributed by atoms with Crippen molar-refractivity contribution < 1.29 is 31.9 Å². The van der Waals surface area contributed by atoms with Gasteiger partial charge in [-0.05, 0) is 89.8 Å². The Bertz CT molecular complexity index is 2490. The van der Waals surface area contributed by atoms with Crippen LogP contribution in [0.25, 0.3) is 15.3 Å². The number of amides is 2. The molecule has 12 nitrogen and oxygen atoms in total. The minimum atomic E-state index is -4.00. The summed E-state index contributed by atoms with van der Waals surface area (Å²) in [6.07, 6.45) is 1.17. The van der Waals surface area contributed by atoms with E-state index in [-0.39, 0.29) is 39.2 Å². The molecule has 61 heavy (non-hydrogen) atoms. The van der Waals surface area contributed by atoms with Gasteiger partial charge in [0.05, 0.1) is 29.2 Å². The molecule has 1 aromatic heterocycles. The summed E-state index contributed by atoms with van der Waals surface area (Å²) in [5.41, 5.74) is 1.58. The number of hydrogen-bond acceptors (Lipinski definition) is 10. The molecule has 15 heteroatoms. The van der Waals surface area contributed by atoms with Crippen LogP contribution in [0.3, 0.4) is 0 Å². The van der Waals surface area contributed by atoms with Crippen LogP contribution in [-0.4, -0.2) is 60.3 Å². The standard InChI is InChI=1S/C24H29N3O5S.C22H25FN2O2S/c1-17(28)26-19-12-8-13-20(16-19)32-15-9-14-25-21-22(18-10-6-5-7-11-18)33(30,31)27(23(21)29)24(2,3)4;1-22(2,3)25-21(26)19(20(28-25)16-10-5-4-6-11-16)24-14-9-15-27-18-13-8-7-12-17(18)23/h5-8,10-13,16,25H,9,14-15H2,1-4H3,(H,26,28);4-8,10-13,24H,9,14-15H2,1-3H3. The lowest BCUT2D eigenvalue weighted by atomic mass is 10.1. The number of halogens is 1. The Kier molecular flexibility index (Phi) is 15.2. The number of nitrogens with one attached hydrogen (secondary N) is 3. The molecule has 0 spiro atoms. The summed E-state index contributed by atoms with van der Waals surface area (Å²) >= 11 is 1.47. The molecule has 0 aliphatic carbocycles. The van der Waals surface area contributed by atoms with Gasteiger partial charge in [-0.1, -0.05) is 90.4 Å². The minimum Gasteiger partial charge on any atom is -0.493 e. The first-order valence-corrected chi connectivity index (χ1v) is 22.2. The zero-order valence-electron chi connectivity index (χ0n) is 35.6. The molecule has 0 radical (unpaired) electrons. The lowest BCUT2D eigenvalue weighted by Crippen LogP contribution is -2.46. The van der Waals surface area contributed by atoms with Gasteiger partial charge < -0.3 is 25.4 Å². The van der Waals surface area contributed by atoms with Crippen LogP contribution < -0.4 is 31.0 Å². The number of sulfonamides is 1. The van der Waals surface area contributed by atoms with Crippen molar-refractivity contribution in [1.82, 2.24) is 13.6 Å². The molecule has 2 heterocycles. The number of nitrogens with zero attached hydrogens (tertiary/aromatic N) is 2. The van der Waals surface area contributed by atoms with E-state index < -0.39 is 21.5 Å². The van der Waals surface area contributed by atoms with Gasteiger partial charge in [0, 0.05) is 31.8 Å². The summed E-state index contributed by atoms with van der Waals surface area (Å²) in [4.78, 5) is 38.2. The molecular formula is C46H54FN5O7S2. The molecule has 3 N–H and O–H groups in total. The fraction of sp³-hybridized carbons (Fsp3) is 0.326. The van der Waals surface area contributed by atoms with Gasteiger partial charge in [0.15, 0.2) is 11.6 Å². The molecule has 1 aliphatic heterocycles. The van der Waals surface area contributed by atoms with Crippen LogP contribution in [0.5, 0.6) is 11.5 Å². The number of para-hydroxylation sites is 1. The SMILES string of the molecule is CC(=O)Nc1cccc(OCCCNC2=C(c3ccccc3)S(=O)(=O)N(C(C)(C)C)C2=O)c1.CC(C)(C)n1sc(-c2ccccc2)c(NCCCOc2ccccc2F)c1=O. The topological polar surface area (TPSA) is 148 Å². The highest BCUT2D eigenvalue weighted by Crippen LogP contribution is 2.39.